The van der Waals surface area contributed by atoms with Gasteiger partial charge in [0.15, 0.2) is 0 Å². The normalized spacial score (nSPS) is 14.9. The van der Waals surface area contributed by atoms with E-state index in [1.165, 1.54) is 41.7 Å². The van der Waals surface area contributed by atoms with Crippen LogP contribution in [0.25, 0.3) is 0 Å². The smallest absolute Gasteiger partial charge is 0.337 e. The second-order valence-corrected chi connectivity index (χ2v) is 8.98. The first-order valence-electron chi connectivity index (χ1n) is 9.12. The molecule has 1 amide bonds. The van der Waals surface area contributed by atoms with Gasteiger partial charge in [-0.05, 0) is 42.8 Å². The summed E-state index contributed by atoms with van der Waals surface area (Å²) in [4.78, 5) is 24.6. The highest BCUT2D eigenvalue weighted by Crippen LogP contribution is 2.26. The Kier molecular flexibility index (Phi) is 6.77. The lowest BCUT2D eigenvalue weighted by atomic mass is 10.1. The molecular formula is C20H21ClN2O6S. The standard InChI is InChI=1S/C20H21ClN2O6S/c1-13-3-5-15(30(26,27)23-7-9-29-10-8-23)12-16(13)19(24)22-18-11-14(20(25)28-2)4-6-17(18)21/h3-6,11-12H,7-10H2,1-2H3,(H,22,24). The molecule has 8 nitrogen and oxygen atoms in total. The van der Waals surface area contributed by atoms with Gasteiger partial charge in [0.2, 0.25) is 10.0 Å². The first kappa shape index (κ1) is 22.2. The third-order valence-corrected chi connectivity index (χ3v) is 6.92. The SMILES string of the molecule is COC(=O)c1ccc(Cl)c(NC(=O)c2cc(S(=O)(=O)N3CCOCC3)ccc2C)c1. The summed E-state index contributed by atoms with van der Waals surface area (Å²) < 4.78 is 37.0. The number of hydrogen-bond donors (Lipinski definition) is 1. The molecular weight excluding hydrogens is 432 g/mol. The lowest BCUT2D eigenvalue weighted by Gasteiger charge is -2.26. The molecule has 0 saturated carbocycles. The van der Waals surface area contributed by atoms with Gasteiger partial charge in [-0.15, -0.1) is 0 Å². The van der Waals surface area contributed by atoms with E-state index in [-0.39, 0.29) is 39.8 Å². The van der Waals surface area contributed by atoms with Crippen LogP contribution in [0.3, 0.4) is 0 Å². The maximum Gasteiger partial charge on any atom is 0.337 e. The van der Waals surface area contributed by atoms with E-state index in [1.807, 2.05) is 0 Å². The van der Waals surface area contributed by atoms with Crippen LogP contribution in [0.15, 0.2) is 41.3 Å². The lowest BCUT2D eigenvalue weighted by molar-refractivity contribution is 0.0600. The summed E-state index contributed by atoms with van der Waals surface area (Å²) >= 11 is 6.14. The van der Waals surface area contributed by atoms with Crippen LogP contribution in [0.1, 0.15) is 26.3 Å². The van der Waals surface area contributed by atoms with E-state index >= 15 is 0 Å². The molecule has 0 atom stereocenters. The number of anilines is 1. The van der Waals surface area contributed by atoms with E-state index in [4.69, 9.17) is 16.3 Å². The number of hydrogen-bond acceptors (Lipinski definition) is 6. The molecule has 0 spiro atoms. The molecule has 2 aromatic rings. The Morgan fingerprint density at radius 3 is 2.50 bits per heavy atom. The summed E-state index contributed by atoms with van der Waals surface area (Å²) in [6.45, 7) is 2.87. The molecule has 0 aromatic heterocycles. The molecule has 1 heterocycles. The Morgan fingerprint density at radius 2 is 1.83 bits per heavy atom. The molecule has 0 bridgehead atoms. The monoisotopic (exact) mass is 452 g/mol. The highest BCUT2D eigenvalue weighted by Gasteiger charge is 2.27. The van der Waals surface area contributed by atoms with Crippen LogP contribution >= 0.6 is 11.6 Å². The van der Waals surface area contributed by atoms with E-state index in [0.717, 1.165) is 0 Å². The zero-order valence-electron chi connectivity index (χ0n) is 16.5. The van der Waals surface area contributed by atoms with Gasteiger partial charge in [0.1, 0.15) is 0 Å². The molecule has 1 saturated heterocycles. The Balaban J connectivity index is 1.90. The number of carbonyl (C=O) groups excluding carboxylic acids is 2. The van der Waals surface area contributed by atoms with Crippen molar-refractivity contribution in [2.75, 3.05) is 38.7 Å². The third kappa shape index (κ3) is 4.65. The highest BCUT2D eigenvalue weighted by atomic mass is 35.5. The maximum atomic E-state index is 12.9. The summed E-state index contributed by atoms with van der Waals surface area (Å²) in [6, 6.07) is 8.74. The maximum absolute atomic E-state index is 12.9. The van der Waals surface area contributed by atoms with E-state index in [1.54, 1.807) is 13.0 Å². The van der Waals surface area contributed by atoms with Gasteiger partial charge in [0.05, 0.1) is 41.5 Å². The summed E-state index contributed by atoms with van der Waals surface area (Å²) in [5, 5.41) is 2.87. The fourth-order valence-corrected chi connectivity index (χ4v) is 4.60. The van der Waals surface area contributed by atoms with E-state index in [0.29, 0.717) is 18.8 Å². The van der Waals surface area contributed by atoms with E-state index in [9.17, 15) is 18.0 Å². The van der Waals surface area contributed by atoms with Gasteiger partial charge >= 0.3 is 5.97 Å². The van der Waals surface area contributed by atoms with Crippen LogP contribution in [-0.4, -0.2) is 58.0 Å². The van der Waals surface area contributed by atoms with Crippen LogP contribution < -0.4 is 5.32 Å². The third-order valence-electron chi connectivity index (χ3n) is 4.70. The largest absolute Gasteiger partial charge is 0.465 e. The number of morpholine rings is 1. The molecule has 3 rings (SSSR count). The Bertz CT molecular complexity index is 1080. The zero-order valence-corrected chi connectivity index (χ0v) is 18.0. The molecule has 2 aromatic carbocycles. The van der Waals surface area contributed by atoms with Crippen molar-refractivity contribution in [1.29, 1.82) is 0 Å². The molecule has 160 valence electrons. The van der Waals surface area contributed by atoms with Crippen molar-refractivity contribution in [1.82, 2.24) is 4.31 Å². The number of rotatable bonds is 5. The van der Waals surface area contributed by atoms with Crippen molar-refractivity contribution < 1.29 is 27.5 Å². The number of nitrogens with one attached hydrogen (secondary N) is 1. The second kappa shape index (κ2) is 9.13. The average molecular weight is 453 g/mol. The van der Waals surface area contributed by atoms with Gasteiger partial charge in [0, 0.05) is 18.7 Å². The second-order valence-electron chi connectivity index (χ2n) is 6.63. The fraction of sp³-hybridized carbons (Fsp3) is 0.300. The van der Waals surface area contributed by atoms with Crippen LogP contribution in [0, 0.1) is 6.92 Å². The van der Waals surface area contributed by atoms with Crippen LogP contribution in [0.4, 0.5) is 5.69 Å². The number of ether oxygens (including phenoxy) is 2. The molecule has 1 N–H and O–H groups in total. The number of methoxy groups -OCH3 is 1. The number of aryl methyl sites for hydroxylation is 1. The molecule has 1 fully saturated rings. The van der Waals surface area contributed by atoms with Gasteiger partial charge in [-0.25, -0.2) is 13.2 Å². The van der Waals surface area contributed by atoms with E-state index in [2.05, 4.69) is 10.1 Å². The number of halogens is 1. The lowest BCUT2D eigenvalue weighted by Crippen LogP contribution is -2.40. The Hall–Kier alpha value is -2.46. The molecule has 0 radical (unpaired) electrons. The highest BCUT2D eigenvalue weighted by molar-refractivity contribution is 7.89. The number of benzene rings is 2. The molecule has 1 aliphatic heterocycles. The number of amides is 1. The average Bonchev–Trinajstić information content (AvgIpc) is 2.75. The minimum absolute atomic E-state index is 0.0227. The predicted octanol–water partition coefficient (Wildman–Crippen LogP) is 2.71. The quantitative estimate of drug-likeness (QED) is 0.700. The predicted molar refractivity (Wildman–Crippen MR) is 112 cm³/mol. The molecule has 10 heteroatoms. The minimum atomic E-state index is -3.75. The zero-order chi connectivity index (χ0) is 21.9. The first-order valence-corrected chi connectivity index (χ1v) is 10.9. The topological polar surface area (TPSA) is 102 Å². The van der Waals surface area contributed by atoms with Crippen LogP contribution in [0.5, 0.6) is 0 Å². The van der Waals surface area contributed by atoms with Crippen molar-refractivity contribution in [3.05, 3.63) is 58.1 Å². The summed E-state index contributed by atoms with van der Waals surface area (Å²) in [6.07, 6.45) is 0. The van der Waals surface area contributed by atoms with Crippen molar-refractivity contribution in [3.63, 3.8) is 0 Å². The van der Waals surface area contributed by atoms with Gasteiger partial charge in [-0.1, -0.05) is 17.7 Å². The van der Waals surface area contributed by atoms with Crippen molar-refractivity contribution >= 4 is 39.2 Å². The molecule has 30 heavy (non-hydrogen) atoms. The summed E-state index contributed by atoms with van der Waals surface area (Å²) in [5.41, 5.74) is 1.21. The summed E-state index contributed by atoms with van der Waals surface area (Å²) in [7, 11) is -2.50. The number of nitrogens with zero attached hydrogens (tertiary/aromatic N) is 1. The number of carbonyl (C=O) groups is 2. The van der Waals surface area contributed by atoms with Crippen molar-refractivity contribution in [2.24, 2.45) is 0 Å². The molecule has 0 unspecified atom stereocenters. The van der Waals surface area contributed by atoms with Crippen molar-refractivity contribution in [3.8, 4) is 0 Å². The molecule has 0 aliphatic carbocycles. The Labute approximate surface area is 179 Å². The number of esters is 1. The van der Waals surface area contributed by atoms with E-state index < -0.39 is 21.9 Å². The van der Waals surface area contributed by atoms with Crippen LogP contribution in [0.2, 0.25) is 5.02 Å². The number of sulfonamides is 1. The van der Waals surface area contributed by atoms with Crippen molar-refractivity contribution in [2.45, 2.75) is 11.8 Å². The minimum Gasteiger partial charge on any atom is -0.465 e. The Morgan fingerprint density at radius 1 is 1.13 bits per heavy atom. The van der Waals surface area contributed by atoms with Gasteiger partial charge in [-0.2, -0.15) is 4.31 Å². The summed E-state index contributed by atoms with van der Waals surface area (Å²) in [5.74, 6) is -1.12. The van der Waals surface area contributed by atoms with Gasteiger partial charge < -0.3 is 14.8 Å². The van der Waals surface area contributed by atoms with Gasteiger partial charge in [-0.3, -0.25) is 4.79 Å². The van der Waals surface area contributed by atoms with Crippen LogP contribution in [-0.2, 0) is 19.5 Å². The first-order chi connectivity index (χ1) is 14.2. The fourth-order valence-electron chi connectivity index (χ4n) is 3.00. The molecule has 1 aliphatic rings. The van der Waals surface area contributed by atoms with Gasteiger partial charge in [0.25, 0.3) is 5.91 Å².